The highest BCUT2D eigenvalue weighted by molar-refractivity contribution is 5.18. The van der Waals surface area contributed by atoms with Gasteiger partial charge in [-0.1, -0.05) is 0 Å². The molecule has 2 rings (SSSR count). The average molecular weight is 221 g/mol. The number of aromatic nitrogens is 2. The van der Waals surface area contributed by atoms with Crippen LogP contribution in [-0.2, 0) is 11.3 Å². The highest BCUT2D eigenvalue weighted by Crippen LogP contribution is 2.40. The molecule has 1 fully saturated rings. The smallest absolute Gasteiger partial charge is 0.113 e. The molecule has 1 aliphatic heterocycles. The van der Waals surface area contributed by atoms with E-state index in [9.17, 15) is 10.4 Å². The molecule has 1 aromatic heterocycles. The van der Waals surface area contributed by atoms with Crippen LogP contribution in [0.25, 0.3) is 0 Å². The van der Waals surface area contributed by atoms with Crippen LogP contribution in [0.5, 0.6) is 0 Å². The molecule has 16 heavy (non-hydrogen) atoms. The molecule has 5 nitrogen and oxygen atoms in total. The molecule has 0 spiro atoms. The Labute approximate surface area is 94.3 Å². The summed E-state index contributed by atoms with van der Waals surface area (Å²) in [6.07, 6.45) is 3.15. The lowest BCUT2D eigenvalue weighted by Gasteiger charge is -2.24. The maximum Gasteiger partial charge on any atom is 0.113 e. The normalized spacial score (nSPS) is 26.6. The molecule has 0 bridgehead atoms. The molecule has 1 N–H and O–H groups in total. The summed E-state index contributed by atoms with van der Waals surface area (Å²) in [4.78, 5) is 0. The van der Waals surface area contributed by atoms with Crippen molar-refractivity contribution in [1.82, 2.24) is 9.78 Å². The van der Waals surface area contributed by atoms with Crippen molar-refractivity contribution in [3.05, 3.63) is 18.0 Å². The molecule has 2 atom stereocenters. The molecule has 86 valence electrons. The zero-order valence-corrected chi connectivity index (χ0v) is 9.26. The summed E-state index contributed by atoms with van der Waals surface area (Å²) >= 11 is 0. The molecule has 2 heterocycles. The Bertz CT molecular complexity index is 402. The van der Waals surface area contributed by atoms with Crippen LogP contribution in [0.2, 0.25) is 0 Å². The standard InChI is InChI=1S/C11H15N3O2/c1-2-14-6-9(5-13-14)10(15)11(7-12)3-4-16-8-11/h5-6,10,15H,2-4,8H2,1H3. The minimum Gasteiger partial charge on any atom is -0.387 e. The number of aliphatic hydroxyl groups is 1. The van der Waals surface area contributed by atoms with Crippen molar-refractivity contribution < 1.29 is 9.84 Å². The average Bonchev–Trinajstić information content (AvgIpc) is 2.98. The van der Waals surface area contributed by atoms with E-state index in [1.807, 2.05) is 6.92 Å². The van der Waals surface area contributed by atoms with E-state index < -0.39 is 11.5 Å². The summed E-state index contributed by atoms with van der Waals surface area (Å²) in [5.41, 5.74) is -0.115. The Hall–Kier alpha value is -1.38. The predicted molar refractivity (Wildman–Crippen MR) is 56.3 cm³/mol. The monoisotopic (exact) mass is 221 g/mol. The van der Waals surface area contributed by atoms with Crippen LogP contribution in [0, 0.1) is 16.7 Å². The zero-order valence-electron chi connectivity index (χ0n) is 9.26. The minimum atomic E-state index is -0.819. The quantitative estimate of drug-likeness (QED) is 0.822. The van der Waals surface area contributed by atoms with Crippen molar-refractivity contribution >= 4 is 0 Å². The molecule has 5 heteroatoms. The molecule has 0 aliphatic carbocycles. The van der Waals surface area contributed by atoms with Crippen LogP contribution < -0.4 is 0 Å². The Morgan fingerprint density at radius 1 is 1.81 bits per heavy atom. The highest BCUT2D eigenvalue weighted by atomic mass is 16.5. The molecular weight excluding hydrogens is 206 g/mol. The third-order valence-electron chi connectivity index (χ3n) is 3.09. The molecule has 2 unspecified atom stereocenters. The van der Waals surface area contributed by atoms with E-state index >= 15 is 0 Å². The summed E-state index contributed by atoms with van der Waals surface area (Å²) in [6, 6.07) is 2.19. The second-order valence-electron chi connectivity index (χ2n) is 4.10. The van der Waals surface area contributed by atoms with Gasteiger partial charge in [0.25, 0.3) is 0 Å². The number of rotatable bonds is 3. The number of hydrogen-bond donors (Lipinski definition) is 1. The summed E-state index contributed by atoms with van der Waals surface area (Å²) < 4.78 is 6.95. The molecule has 0 amide bonds. The summed E-state index contributed by atoms with van der Waals surface area (Å²) in [7, 11) is 0. The zero-order chi connectivity index (χ0) is 11.6. The Morgan fingerprint density at radius 2 is 2.62 bits per heavy atom. The molecule has 1 aliphatic rings. The van der Waals surface area contributed by atoms with Crippen LogP contribution in [0.1, 0.15) is 25.0 Å². The van der Waals surface area contributed by atoms with Gasteiger partial charge < -0.3 is 9.84 Å². The first kappa shape index (κ1) is 11.1. The van der Waals surface area contributed by atoms with Gasteiger partial charge in [-0.3, -0.25) is 4.68 Å². The van der Waals surface area contributed by atoms with E-state index in [1.165, 1.54) is 0 Å². The number of aryl methyl sites for hydroxylation is 1. The number of hydrogen-bond acceptors (Lipinski definition) is 4. The van der Waals surface area contributed by atoms with E-state index in [1.54, 1.807) is 17.1 Å². The van der Waals surface area contributed by atoms with Gasteiger partial charge in [0, 0.05) is 24.9 Å². The second kappa shape index (κ2) is 4.24. The lowest BCUT2D eigenvalue weighted by molar-refractivity contribution is 0.0503. The maximum atomic E-state index is 10.2. The first-order chi connectivity index (χ1) is 7.72. The van der Waals surface area contributed by atoms with Gasteiger partial charge in [-0.25, -0.2) is 0 Å². The van der Waals surface area contributed by atoms with Crippen molar-refractivity contribution in [1.29, 1.82) is 5.26 Å². The van der Waals surface area contributed by atoms with Crippen LogP contribution in [0.15, 0.2) is 12.4 Å². The van der Waals surface area contributed by atoms with Crippen molar-refractivity contribution in [2.75, 3.05) is 13.2 Å². The maximum absolute atomic E-state index is 10.2. The van der Waals surface area contributed by atoms with Crippen molar-refractivity contribution in [2.45, 2.75) is 26.0 Å². The van der Waals surface area contributed by atoms with Gasteiger partial charge in [0.15, 0.2) is 0 Å². The lowest BCUT2D eigenvalue weighted by Crippen LogP contribution is -2.27. The number of aliphatic hydroxyl groups excluding tert-OH is 1. The first-order valence-electron chi connectivity index (χ1n) is 5.41. The Morgan fingerprint density at radius 3 is 3.12 bits per heavy atom. The number of nitriles is 1. The lowest BCUT2D eigenvalue weighted by atomic mass is 9.80. The third kappa shape index (κ3) is 1.70. The second-order valence-corrected chi connectivity index (χ2v) is 4.10. The molecule has 1 saturated heterocycles. The van der Waals surface area contributed by atoms with Crippen LogP contribution in [-0.4, -0.2) is 28.1 Å². The van der Waals surface area contributed by atoms with Crippen LogP contribution in [0.4, 0.5) is 0 Å². The van der Waals surface area contributed by atoms with Crippen molar-refractivity contribution in [3.8, 4) is 6.07 Å². The summed E-state index contributed by atoms with van der Waals surface area (Å²) in [5.74, 6) is 0. The Kier molecular flexibility index (Phi) is 2.95. The third-order valence-corrected chi connectivity index (χ3v) is 3.09. The summed E-state index contributed by atoms with van der Waals surface area (Å²) in [5, 5.41) is 23.5. The van der Waals surface area contributed by atoms with E-state index in [0.29, 0.717) is 25.2 Å². The highest BCUT2D eigenvalue weighted by Gasteiger charge is 2.43. The van der Waals surface area contributed by atoms with Gasteiger partial charge in [0.05, 0.1) is 18.9 Å². The molecule has 1 aromatic rings. The topological polar surface area (TPSA) is 71.1 Å². The van der Waals surface area contributed by atoms with Crippen molar-refractivity contribution in [3.63, 3.8) is 0 Å². The van der Waals surface area contributed by atoms with E-state index in [2.05, 4.69) is 11.2 Å². The van der Waals surface area contributed by atoms with Gasteiger partial charge in [-0.15, -0.1) is 0 Å². The van der Waals surface area contributed by atoms with Crippen LogP contribution in [0.3, 0.4) is 0 Å². The van der Waals surface area contributed by atoms with Gasteiger partial charge in [0.1, 0.15) is 11.5 Å². The van der Waals surface area contributed by atoms with Gasteiger partial charge in [-0.2, -0.15) is 10.4 Å². The van der Waals surface area contributed by atoms with E-state index in [0.717, 1.165) is 6.54 Å². The first-order valence-corrected chi connectivity index (χ1v) is 5.41. The van der Waals surface area contributed by atoms with Gasteiger partial charge >= 0.3 is 0 Å². The SMILES string of the molecule is CCn1cc(C(O)C2(C#N)CCOC2)cn1. The van der Waals surface area contributed by atoms with E-state index in [4.69, 9.17) is 4.74 Å². The fourth-order valence-electron chi connectivity index (χ4n) is 1.96. The van der Waals surface area contributed by atoms with Gasteiger partial charge in [-0.05, 0) is 13.3 Å². The van der Waals surface area contributed by atoms with Crippen molar-refractivity contribution in [2.24, 2.45) is 5.41 Å². The Balaban J connectivity index is 2.23. The number of ether oxygens (including phenoxy) is 1. The van der Waals surface area contributed by atoms with Crippen LogP contribution >= 0.6 is 0 Å². The fraction of sp³-hybridized carbons (Fsp3) is 0.636. The largest absolute Gasteiger partial charge is 0.387 e. The number of nitrogens with zero attached hydrogens (tertiary/aromatic N) is 3. The van der Waals surface area contributed by atoms with E-state index in [-0.39, 0.29) is 0 Å². The molecule has 0 radical (unpaired) electrons. The molecule has 0 saturated carbocycles. The summed E-state index contributed by atoms with van der Waals surface area (Å²) in [6.45, 7) is 3.55. The van der Waals surface area contributed by atoms with Gasteiger partial charge in [0.2, 0.25) is 0 Å². The molecule has 0 aromatic carbocycles. The molecular formula is C11H15N3O2. The predicted octanol–water partition coefficient (Wildman–Crippen LogP) is 0.867. The minimum absolute atomic E-state index is 0.294. The fourth-order valence-corrected chi connectivity index (χ4v) is 1.96.